The van der Waals surface area contributed by atoms with Gasteiger partial charge in [0.2, 0.25) is 0 Å². The van der Waals surface area contributed by atoms with Gasteiger partial charge in [-0.1, -0.05) is 18.2 Å². The molecule has 1 heteroatoms. The molecule has 0 aromatic heterocycles. The minimum atomic E-state index is 0.963. The van der Waals surface area contributed by atoms with Gasteiger partial charge in [-0.25, -0.2) is 0 Å². The molecule has 0 saturated carbocycles. The third-order valence-electron chi connectivity index (χ3n) is 1.03. The Labute approximate surface area is 51.5 Å². The zero-order valence-corrected chi connectivity index (χ0v) is 5.78. The molecule has 0 aliphatic carbocycles. The Hall–Kier alpha value is -0.510. The highest BCUT2D eigenvalue weighted by molar-refractivity contribution is 4.79. The predicted octanol–water partition coefficient (Wildman–Crippen LogP) is 2.53. The van der Waals surface area contributed by atoms with Crippen LogP contribution in [0.2, 0.25) is 0 Å². The second-order valence-corrected chi connectivity index (χ2v) is 1.81. The quantitative estimate of drug-likeness (QED) is 0.494. The van der Waals surface area contributed by atoms with Crippen LogP contribution in [0.1, 0.15) is 33.1 Å². The first-order chi connectivity index (χ1) is 3.91. The molecular weight excluding hydrogens is 98.1 g/mol. The van der Waals surface area contributed by atoms with Gasteiger partial charge in [0.25, 0.3) is 12.6 Å². The number of hydrogen-bond acceptors (Lipinski definition) is 0. The Morgan fingerprint density at radius 1 is 1.38 bits per heavy atom. The second kappa shape index (κ2) is 6.49. The zero-order valence-electron chi connectivity index (χ0n) is 5.78. The topological polar surface area (TPSA) is 4.36 Å². The van der Waals surface area contributed by atoms with E-state index in [1.807, 2.05) is 6.92 Å². The molecule has 0 saturated heterocycles. The number of hydrogen-bond donors (Lipinski definition) is 0. The molecule has 0 radical (unpaired) electrons. The van der Waals surface area contributed by atoms with Crippen molar-refractivity contribution in [3.05, 3.63) is 4.85 Å². The van der Waals surface area contributed by atoms with E-state index in [0.29, 0.717) is 0 Å². The SMILES string of the molecule is CC#[N+]CCCCC. The predicted molar refractivity (Wildman–Crippen MR) is 37.3 cm³/mol. The van der Waals surface area contributed by atoms with Crippen LogP contribution in [0, 0.1) is 6.07 Å². The molecular formula is C7H14N+. The van der Waals surface area contributed by atoms with Crippen molar-refractivity contribution >= 4 is 0 Å². The van der Waals surface area contributed by atoms with Gasteiger partial charge in [0.05, 0.1) is 6.92 Å². The van der Waals surface area contributed by atoms with Gasteiger partial charge in [-0.2, -0.15) is 0 Å². The first kappa shape index (κ1) is 7.49. The summed E-state index contributed by atoms with van der Waals surface area (Å²) in [5.41, 5.74) is 0. The number of nitrogens with zero attached hydrogens (tertiary/aromatic N) is 1. The smallest absolute Gasteiger partial charge is 0.0840 e. The summed E-state index contributed by atoms with van der Waals surface area (Å²) in [4.78, 5) is 3.96. The average molecular weight is 112 g/mol. The van der Waals surface area contributed by atoms with Crippen LogP contribution in [0.4, 0.5) is 0 Å². The fourth-order valence-corrected chi connectivity index (χ4v) is 0.553. The molecule has 0 bridgehead atoms. The summed E-state index contributed by atoms with van der Waals surface area (Å²) in [7, 11) is 0. The van der Waals surface area contributed by atoms with Gasteiger partial charge < -0.3 is 0 Å². The summed E-state index contributed by atoms with van der Waals surface area (Å²) in [6, 6.07) is 2.75. The van der Waals surface area contributed by atoms with Crippen molar-refractivity contribution in [1.29, 1.82) is 0 Å². The third kappa shape index (κ3) is 5.49. The zero-order chi connectivity index (χ0) is 6.24. The first-order valence-electron chi connectivity index (χ1n) is 3.25. The Morgan fingerprint density at radius 3 is 2.62 bits per heavy atom. The van der Waals surface area contributed by atoms with Crippen LogP contribution >= 0.6 is 0 Å². The van der Waals surface area contributed by atoms with E-state index < -0.39 is 0 Å². The first-order valence-corrected chi connectivity index (χ1v) is 3.25. The van der Waals surface area contributed by atoms with Crippen molar-refractivity contribution in [2.24, 2.45) is 0 Å². The molecule has 0 heterocycles. The van der Waals surface area contributed by atoms with Crippen LogP contribution in [-0.4, -0.2) is 6.54 Å². The Kier molecular flexibility index (Phi) is 6.08. The molecule has 0 amide bonds. The van der Waals surface area contributed by atoms with Gasteiger partial charge in [-0.3, -0.25) is 0 Å². The van der Waals surface area contributed by atoms with Crippen LogP contribution in [-0.2, 0) is 0 Å². The third-order valence-corrected chi connectivity index (χ3v) is 1.03. The van der Waals surface area contributed by atoms with E-state index in [4.69, 9.17) is 0 Å². The monoisotopic (exact) mass is 112 g/mol. The van der Waals surface area contributed by atoms with Crippen LogP contribution in [0.3, 0.4) is 0 Å². The van der Waals surface area contributed by atoms with Gasteiger partial charge in [0.15, 0.2) is 0 Å². The largest absolute Gasteiger partial charge is 0.269 e. The summed E-state index contributed by atoms with van der Waals surface area (Å²) >= 11 is 0. The molecule has 46 valence electrons. The maximum Gasteiger partial charge on any atom is 0.269 e. The van der Waals surface area contributed by atoms with E-state index in [1.165, 1.54) is 19.3 Å². The van der Waals surface area contributed by atoms with E-state index in [-0.39, 0.29) is 0 Å². The minimum absolute atomic E-state index is 0.963. The molecule has 0 N–H and O–H groups in total. The van der Waals surface area contributed by atoms with Crippen molar-refractivity contribution in [2.45, 2.75) is 33.1 Å². The molecule has 0 aliphatic rings. The second-order valence-electron chi connectivity index (χ2n) is 1.81. The molecule has 0 rings (SSSR count). The van der Waals surface area contributed by atoms with E-state index in [0.717, 1.165) is 6.54 Å². The highest BCUT2D eigenvalue weighted by atomic mass is 14.6. The Bertz CT molecular complexity index is 86.3. The summed E-state index contributed by atoms with van der Waals surface area (Å²) in [6.45, 7) is 5.00. The van der Waals surface area contributed by atoms with Gasteiger partial charge >= 0.3 is 0 Å². The van der Waals surface area contributed by atoms with E-state index >= 15 is 0 Å². The molecule has 1 nitrogen and oxygen atoms in total. The maximum absolute atomic E-state index is 3.96. The van der Waals surface area contributed by atoms with Gasteiger partial charge in [-0.15, -0.1) is 0 Å². The van der Waals surface area contributed by atoms with Crippen LogP contribution in [0.15, 0.2) is 0 Å². The summed E-state index contributed by atoms with van der Waals surface area (Å²) in [5, 5.41) is 0. The lowest BCUT2D eigenvalue weighted by molar-refractivity contribution is 0.757. The fourth-order valence-electron chi connectivity index (χ4n) is 0.553. The van der Waals surface area contributed by atoms with E-state index in [1.54, 1.807) is 0 Å². The van der Waals surface area contributed by atoms with Crippen molar-refractivity contribution in [3.8, 4) is 6.07 Å². The van der Waals surface area contributed by atoms with E-state index in [2.05, 4.69) is 17.8 Å². The van der Waals surface area contributed by atoms with Gasteiger partial charge in [-0.05, 0) is 6.42 Å². The lowest BCUT2D eigenvalue weighted by Crippen LogP contribution is -1.75. The molecule has 0 aromatic carbocycles. The lowest BCUT2D eigenvalue weighted by Gasteiger charge is -1.80. The minimum Gasteiger partial charge on any atom is -0.0840 e. The molecule has 0 aromatic rings. The Balaban J connectivity index is 2.79. The van der Waals surface area contributed by atoms with Gasteiger partial charge in [0.1, 0.15) is 0 Å². The molecule has 0 spiro atoms. The molecule has 0 atom stereocenters. The fraction of sp³-hybridized carbons (Fsp3) is 0.857. The van der Waals surface area contributed by atoms with Crippen molar-refractivity contribution in [3.63, 3.8) is 0 Å². The summed E-state index contributed by atoms with van der Waals surface area (Å²) in [5.74, 6) is 0. The van der Waals surface area contributed by atoms with Crippen LogP contribution in [0.25, 0.3) is 4.85 Å². The molecule has 8 heavy (non-hydrogen) atoms. The van der Waals surface area contributed by atoms with E-state index in [9.17, 15) is 0 Å². The van der Waals surface area contributed by atoms with Crippen LogP contribution in [0.5, 0.6) is 0 Å². The van der Waals surface area contributed by atoms with Gasteiger partial charge in [0, 0.05) is 6.42 Å². The summed E-state index contributed by atoms with van der Waals surface area (Å²) in [6.07, 6.45) is 3.79. The van der Waals surface area contributed by atoms with Crippen molar-refractivity contribution in [2.75, 3.05) is 6.54 Å². The number of unbranched alkanes of at least 4 members (excludes halogenated alkanes) is 2. The molecule has 0 fully saturated rings. The maximum atomic E-state index is 3.96. The molecule has 0 aliphatic heterocycles. The van der Waals surface area contributed by atoms with Crippen molar-refractivity contribution in [1.82, 2.24) is 0 Å². The standard InChI is InChI=1S/C7H14N/c1-3-5-6-7-8-4-2/h3,5-7H2,1-2H3/q+1. The van der Waals surface area contributed by atoms with Crippen molar-refractivity contribution < 1.29 is 0 Å². The highest BCUT2D eigenvalue weighted by Crippen LogP contribution is 1.92. The Morgan fingerprint density at radius 2 is 2.12 bits per heavy atom. The average Bonchev–Trinajstić information content (AvgIpc) is 1.81. The van der Waals surface area contributed by atoms with Crippen LogP contribution < -0.4 is 0 Å². The molecule has 0 unspecified atom stereocenters. The summed E-state index contributed by atoms with van der Waals surface area (Å²) < 4.78 is 0. The highest BCUT2D eigenvalue weighted by Gasteiger charge is 1.87. The number of rotatable bonds is 3. The normalized spacial score (nSPS) is 7.75. The lowest BCUT2D eigenvalue weighted by atomic mass is 10.3.